The quantitative estimate of drug-likeness (QED) is 0.354. The molecule has 0 spiro atoms. The van der Waals surface area contributed by atoms with Crippen LogP contribution in [0.25, 0.3) is 10.9 Å². The molecule has 0 unspecified atom stereocenters. The molecule has 0 saturated carbocycles. The molecule has 0 fully saturated rings. The van der Waals surface area contributed by atoms with Crippen molar-refractivity contribution in [2.24, 2.45) is 0 Å². The van der Waals surface area contributed by atoms with Crippen LogP contribution in [0.4, 0.5) is 11.4 Å². The number of ether oxygens (including phenoxy) is 1. The minimum atomic E-state index is -0.845. The number of benzene rings is 3. The number of carbonyl (C=O) groups excluding carboxylic acids is 2. The molecule has 0 saturated heterocycles. The lowest BCUT2D eigenvalue weighted by molar-refractivity contribution is -0.136. The van der Waals surface area contributed by atoms with E-state index in [2.05, 4.69) is 15.6 Å². The summed E-state index contributed by atoms with van der Waals surface area (Å²) in [5.41, 5.74) is 2.88. The van der Waals surface area contributed by atoms with Gasteiger partial charge in [0.1, 0.15) is 11.5 Å². The second kappa shape index (κ2) is 10.7. The summed E-state index contributed by atoms with van der Waals surface area (Å²) in [7, 11) is 3.79. The van der Waals surface area contributed by atoms with Crippen molar-refractivity contribution in [2.75, 3.05) is 30.9 Å². The van der Waals surface area contributed by atoms with E-state index in [0.717, 1.165) is 16.6 Å². The maximum Gasteiger partial charge on any atom is 0.313 e. The van der Waals surface area contributed by atoms with E-state index < -0.39 is 17.9 Å². The fourth-order valence-corrected chi connectivity index (χ4v) is 3.56. The number of hydrogen-bond acceptors (Lipinski definition) is 6. The van der Waals surface area contributed by atoms with Crippen molar-refractivity contribution in [3.05, 3.63) is 90.6 Å². The van der Waals surface area contributed by atoms with Gasteiger partial charge in [0.25, 0.3) is 0 Å². The van der Waals surface area contributed by atoms with Gasteiger partial charge in [0.05, 0.1) is 18.2 Å². The Balaban J connectivity index is 1.38. The minimum absolute atomic E-state index is 0.342. The SMILES string of the molecule is CN(C)c1cccc([C@H](CO)NC(=O)C(=O)Nc2ccc(Oc3ccnc4ccccc34)cc2)c1. The summed E-state index contributed by atoms with van der Waals surface area (Å²) in [6, 6.07) is 22.8. The lowest BCUT2D eigenvalue weighted by Gasteiger charge is -2.19. The summed E-state index contributed by atoms with van der Waals surface area (Å²) in [4.78, 5) is 31.1. The van der Waals surface area contributed by atoms with Gasteiger partial charge in [-0.05, 0) is 60.2 Å². The molecule has 0 aliphatic heterocycles. The Hall–Kier alpha value is -4.43. The number of para-hydroxylation sites is 1. The van der Waals surface area contributed by atoms with Crippen molar-refractivity contribution in [3.63, 3.8) is 0 Å². The molecule has 3 N–H and O–H groups in total. The molecule has 35 heavy (non-hydrogen) atoms. The highest BCUT2D eigenvalue weighted by Gasteiger charge is 2.20. The Bertz CT molecular complexity index is 1330. The largest absolute Gasteiger partial charge is 0.457 e. The monoisotopic (exact) mass is 470 g/mol. The lowest BCUT2D eigenvalue weighted by atomic mass is 10.1. The molecular formula is C27H26N4O4. The van der Waals surface area contributed by atoms with E-state index in [1.54, 1.807) is 42.6 Å². The molecule has 1 heterocycles. The number of aliphatic hydroxyl groups is 1. The molecule has 0 aliphatic carbocycles. The van der Waals surface area contributed by atoms with E-state index in [0.29, 0.717) is 22.7 Å². The number of nitrogens with zero attached hydrogens (tertiary/aromatic N) is 2. The average Bonchev–Trinajstić information content (AvgIpc) is 2.88. The van der Waals surface area contributed by atoms with Gasteiger partial charge in [-0.1, -0.05) is 24.3 Å². The predicted molar refractivity (Wildman–Crippen MR) is 136 cm³/mol. The average molecular weight is 471 g/mol. The summed E-state index contributed by atoms with van der Waals surface area (Å²) in [6.45, 7) is -0.342. The summed E-state index contributed by atoms with van der Waals surface area (Å²) >= 11 is 0. The second-order valence-corrected chi connectivity index (χ2v) is 8.10. The van der Waals surface area contributed by atoms with E-state index in [4.69, 9.17) is 4.74 Å². The highest BCUT2D eigenvalue weighted by Crippen LogP contribution is 2.29. The summed E-state index contributed by atoms with van der Waals surface area (Å²) in [6.07, 6.45) is 1.68. The number of aliphatic hydroxyl groups excluding tert-OH is 1. The van der Waals surface area contributed by atoms with Crippen LogP contribution in [0, 0.1) is 0 Å². The van der Waals surface area contributed by atoms with Gasteiger partial charge in [-0.2, -0.15) is 0 Å². The molecule has 1 aromatic heterocycles. The number of pyridine rings is 1. The summed E-state index contributed by atoms with van der Waals surface area (Å²) < 4.78 is 5.98. The van der Waals surface area contributed by atoms with Gasteiger partial charge in [-0.25, -0.2) is 0 Å². The van der Waals surface area contributed by atoms with Crippen molar-refractivity contribution in [3.8, 4) is 11.5 Å². The number of fused-ring (bicyclic) bond motifs is 1. The number of amides is 2. The van der Waals surface area contributed by atoms with Crippen LogP contribution in [0.1, 0.15) is 11.6 Å². The Labute approximate surface area is 203 Å². The highest BCUT2D eigenvalue weighted by molar-refractivity contribution is 6.39. The first-order valence-corrected chi connectivity index (χ1v) is 11.1. The smallest absolute Gasteiger partial charge is 0.313 e. The van der Waals surface area contributed by atoms with Gasteiger partial charge in [0, 0.05) is 37.1 Å². The van der Waals surface area contributed by atoms with Crippen LogP contribution in [0.3, 0.4) is 0 Å². The second-order valence-electron chi connectivity index (χ2n) is 8.10. The van der Waals surface area contributed by atoms with Crippen molar-refractivity contribution < 1.29 is 19.4 Å². The first-order chi connectivity index (χ1) is 16.9. The number of aromatic nitrogens is 1. The zero-order valence-corrected chi connectivity index (χ0v) is 19.4. The molecule has 178 valence electrons. The number of anilines is 2. The molecule has 1 atom stereocenters. The molecule has 0 bridgehead atoms. The summed E-state index contributed by atoms with van der Waals surface area (Å²) in [5.74, 6) is -0.436. The minimum Gasteiger partial charge on any atom is -0.457 e. The van der Waals surface area contributed by atoms with E-state index in [1.165, 1.54) is 0 Å². The van der Waals surface area contributed by atoms with E-state index in [-0.39, 0.29) is 6.61 Å². The molecular weight excluding hydrogens is 444 g/mol. The van der Waals surface area contributed by atoms with Gasteiger partial charge in [0.2, 0.25) is 0 Å². The van der Waals surface area contributed by atoms with Crippen LogP contribution in [-0.2, 0) is 9.59 Å². The van der Waals surface area contributed by atoms with Crippen LogP contribution in [0.15, 0.2) is 85.1 Å². The van der Waals surface area contributed by atoms with E-state index in [1.807, 2.05) is 61.5 Å². The molecule has 4 aromatic rings. The Kier molecular flexibility index (Phi) is 7.23. The maximum atomic E-state index is 12.5. The maximum absolute atomic E-state index is 12.5. The molecule has 8 heteroatoms. The van der Waals surface area contributed by atoms with Crippen LogP contribution < -0.4 is 20.3 Å². The Morgan fingerprint density at radius 2 is 1.74 bits per heavy atom. The standard InChI is InChI=1S/C27H26N4O4/c1-31(2)20-7-5-6-18(16-20)24(17-32)30-27(34)26(33)29-19-10-12-21(13-11-19)35-25-14-15-28-23-9-4-3-8-22(23)25/h3-16,24,32H,17H2,1-2H3,(H,29,33)(H,30,34)/t24-/m0/s1. The van der Waals surface area contributed by atoms with Gasteiger partial charge < -0.3 is 25.4 Å². The van der Waals surface area contributed by atoms with Crippen LogP contribution in [0.5, 0.6) is 11.5 Å². The fourth-order valence-electron chi connectivity index (χ4n) is 3.56. The van der Waals surface area contributed by atoms with Crippen molar-refractivity contribution in [1.82, 2.24) is 10.3 Å². The normalized spacial score (nSPS) is 11.5. The molecule has 0 aliphatic rings. The van der Waals surface area contributed by atoms with Gasteiger partial charge in [0.15, 0.2) is 0 Å². The Morgan fingerprint density at radius 1 is 0.971 bits per heavy atom. The molecule has 4 rings (SSSR count). The lowest BCUT2D eigenvalue weighted by Crippen LogP contribution is -2.39. The predicted octanol–water partition coefficient (Wildman–Crippen LogP) is 3.88. The number of rotatable bonds is 7. The van der Waals surface area contributed by atoms with Crippen LogP contribution in [-0.4, -0.2) is 42.6 Å². The van der Waals surface area contributed by atoms with Gasteiger partial charge >= 0.3 is 11.8 Å². The molecule has 3 aromatic carbocycles. The molecule has 8 nitrogen and oxygen atoms in total. The first kappa shape index (κ1) is 23.7. The number of hydrogen-bond donors (Lipinski definition) is 3. The number of carbonyl (C=O) groups is 2. The van der Waals surface area contributed by atoms with Crippen molar-refractivity contribution in [2.45, 2.75) is 6.04 Å². The van der Waals surface area contributed by atoms with Crippen molar-refractivity contribution in [1.29, 1.82) is 0 Å². The Morgan fingerprint density at radius 3 is 2.49 bits per heavy atom. The van der Waals surface area contributed by atoms with E-state index in [9.17, 15) is 14.7 Å². The third kappa shape index (κ3) is 5.74. The highest BCUT2D eigenvalue weighted by atomic mass is 16.5. The zero-order chi connectivity index (χ0) is 24.8. The van der Waals surface area contributed by atoms with Gasteiger partial charge in [-0.3, -0.25) is 14.6 Å². The summed E-state index contributed by atoms with van der Waals surface area (Å²) in [5, 5.41) is 15.8. The van der Waals surface area contributed by atoms with Crippen LogP contribution in [0.2, 0.25) is 0 Å². The van der Waals surface area contributed by atoms with Gasteiger partial charge in [-0.15, -0.1) is 0 Å². The third-order valence-electron chi connectivity index (χ3n) is 5.43. The third-order valence-corrected chi connectivity index (χ3v) is 5.43. The topological polar surface area (TPSA) is 104 Å². The molecule has 0 radical (unpaired) electrons. The first-order valence-electron chi connectivity index (χ1n) is 11.1. The fraction of sp³-hybridized carbons (Fsp3) is 0.148. The molecule has 2 amide bonds. The van der Waals surface area contributed by atoms with Crippen LogP contribution >= 0.6 is 0 Å². The van der Waals surface area contributed by atoms with E-state index >= 15 is 0 Å². The zero-order valence-electron chi connectivity index (χ0n) is 19.4. The number of nitrogens with one attached hydrogen (secondary N) is 2. The van der Waals surface area contributed by atoms with Crippen molar-refractivity contribution >= 4 is 34.1 Å².